The first-order valence-electron chi connectivity index (χ1n) is 8.58. The predicted octanol–water partition coefficient (Wildman–Crippen LogP) is 3.31. The predicted molar refractivity (Wildman–Crippen MR) is 104 cm³/mol. The zero-order chi connectivity index (χ0) is 18.7. The Kier molecular flexibility index (Phi) is 5.07. The van der Waals surface area contributed by atoms with Gasteiger partial charge in [-0.3, -0.25) is 4.79 Å². The topological polar surface area (TPSA) is 50.2 Å². The molecular weight excluding hydrogens is 324 g/mol. The highest BCUT2D eigenvalue weighted by molar-refractivity contribution is 5.94. The Bertz CT molecular complexity index is 896. The van der Waals surface area contributed by atoms with Gasteiger partial charge in [0.1, 0.15) is 11.9 Å². The molecule has 1 aromatic heterocycles. The molecule has 0 saturated heterocycles. The van der Waals surface area contributed by atoms with Gasteiger partial charge in [0.15, 0.2) is 0 Å². The maximum Gasteiger partial charge on any atom is 0.252 e. The number of aromatic nitrogens is 2. The monoisotopic (exact) mass is 348 g/mol. The summed E-state index contributed by atoms with van der Waals surface area (Å²) in [6.45, 7) is 1.98. The molecule has 0 aliphatic carbocycles. The van der Waals surface area contributed by atoms with Crippen molar-refractivity contribution in [3.05, 3.63) is 83.4 Å². The minimum absolute atomic E-state index is 0.113. The van der Waals surface area contributed by atoms with Crippen LogP contribution in [-0.2, 0) is 7.05 Å². The molecule has 1 unspecified atom stereocenters. The number of aryl methyl sites for hydroxylation is 2. The van der Waals surface area contributed by atoms with Crippen molar-refractivity contribution in [2.24, 2.45) is 7.05 Å². The third-order valence-corrected chi connectivity index (χ3v) is 4.42. The van der Waals surface area contributed by atoms with Crippen LogP contribution in [0, 0.1) is 6.92 Å². The quantitative estimate of drug-likeness (QED) is 0.769. The van der Waals surface area contributed by atoms with Crippen LogP contribution in [-0.4, -0.2) is 29.6 Å². The number of carbonyl (C=O) groups excluding carboxylic acids is 1. The van der Waals surface area contributed by atoms with Crippen LogP contribution in [0.3, 0.4) is 0 Å². The van der Waals surface area contributed by atoms with Crippen molar-refractivity contribution in [1.82, 2.24) is 14.9 Å². The van der Waals surface area contributed by atoms with E-state index >= 15 is 0 Å². The first-order chi connectivity index (χ1) is 12.5. The highest BCUT2D eigenvalue weighted by Crippen LogP contribution is 2.23. The zero-order valence-electron chi connectivity index (χ0n) is 15.6. The molecule has 26 heavy (non-hydrogen) atoms. The summed E-state index contributed by atoms with van der Waals surface area (Å²) in [5, 5.41) is 3.13. The molecule has 3 rings (SSSR count). The van der Waals surface area contributed by atoms with Crippen molar-refractivity contribution in [2.75, 3.05) is 19.0 Å². The number of carbonyl (C=O) groups is 1. The van der Waals surface area contributed by atoms with Crippen LogP contribution in [0.4, 0.5) is 5.69 Å². The lowest BCUT2D eigenvalue weighted by molar-refractivity contribution is 0.0941. The van der Waals surface area contributed by atoms with Gasteiger partial charge in [-0.2, -0.15) is 0 Å². The van der Waals surface area contributed by atoms with Crippen molar-refractivity contribution in [3.63, 3.8) is 0 Å². The summed E-state index contributed by atoms with van der Waals surface area (Å²) >= 11 is 0. The molecule has 2 aromatic carbocycles. The highest BCUT2D eigenvalue weighted by Gasteiger charge is 2.21. The van der Waals surface area contributed by atoms with E-state index in [9.17, 15) is 4.79 Å². The lowest BCUT2D eigenvalue weighted by Crippen LogP contribution is -2.31. The molecule has 1 N–H and O–H groups in total. The summed E-state index contributed by atoms with van der Waals surface area (Å²) in [6, 6.07) is 15.4. The second kappa shape index (κ2) is 7.44. The lowest BCUT2D eigenvalue weighted by Gasteiger charge is -2.20. The maximum absolute atomic E-state index is 12.8. The van der Waals surface area contributed by atoms with Gasteiger partial charge in [0, 0.05) is 44.8 Å². The highest BCUT2D eigenvalue weighted by atomic mass is 16.1. The van der Waals surface area contributed by atoms with Gasteiger partial charge in [-0.1, -0.05) is 29.8 Å². The van der Waals surface area contributed by atoms with Crippen LogP contribution in [0.5, 0.6) is 0 Å². The first-order valence-corrected chi connectivity index (χ1v) is 8.58. The Hall–Kier alpha value is -3.08. The largest absolute Gasteiger partial charge is 0.378 e. The second-order valence-electron chi connectivity index (χ2n) is 6.66. The molecule has 3 aromatic rings. The van der Waals surface area contributed by atoms with Gasteiger partial charge in [0.2, 0.25) is 0 Å². The van der Waals surface area contributed by atoms with Crippen molar-refractivity contribution in [1.29, 1.82) is 0 Å². The van der Waals surface area contributed by atoms with E-state index in [-0.39, 0.29) is 11.9 Å². The smallest absolute Gasteiger partial charge is 0.252 e. The van der Waals surface area contributed by atoms with Crippen LogP contribution in [0.25, 0.3) is 0 Å². The van der Waals surface area contributed by atoms with E-state index in [1.807, 2.05) is 92.3 Å². The van der Waals surface area contributed by atoms with Crippen molar-refractivity contribution in [3.8, 4) is 0 Å². The first kappa shape index (κ1) is 17.7. The van der Waals surface area contributed by atoms with E-state index in [0.29, 0.717) is 5.56 Å². The third kappa shape index (κ3) is 3.77. The van der Waals surface area contributed by atoms with Gasteiger partial charge in [-0.15, -0.1) is 0 Å². The molecule has 0 saturated carbocycles. The van der Waals surface area contributed by atoms with Crippen LogP contribution in [0.1, 0.15) is 33.4 Å². The zero-order valence-corrected chi connectivity index (χ0v) is 15.6. The van der Waals surface area contributed by atoms with Gasteiger partial charge in [0.05, 0.1) is 0 Å². The maximum atomic E-state index is 12.8. The molecule has 5 heteroatoms. The number of benzene rings is 2. The van der Waals surface area contributed by atoms with E-state index in [0.717, 1.165) is 22.6 Å². The molecule has 1 atom stereocenters. The molecule has 0 aliphatic heterocycles. The SMILES string of the molecule is Cc1cccc(C(=O)NC(c2ccc(N(C)C)cc2)c2nccn2C)c1. The van der Waals surface area contributed by atoms with Gasteiger partial charge < -0.3 is 14.8 Å². The summed E-state index contributed by atoms with van der Waals surface area (Å²) in [7, 11) is 5.94. The fourth-order valence-corrected chi connectivity index (χ4v) is 2.92. The number of hydrogen-bond acceptors (Lipinski definition) is 3. The van der Waals surface area contributed by atoms with E-state index in [2.05, 4.69) is 10.3 Å². The number of rotatable bonds is 5. The molecule has 134 valence electrons. The number of imidazole rings is 1. The second-order valence-corrected chi connectivity index (χ2v) is 6.66. The summed E-state index contributed by atoms with van der Waals surface area (Å²) in [5.74, 6) is 0.682. The summed E-state index contributed by atoms with van der Waals surface area (Å²) in [5.41, 5.74) is 3.80. The van der Waals surface area contributed by atoms with Crippen molar-refractivity contribution < 1.29 is 4.79 Å². The average molecular weight is 348 g/mol. The van der Waals surface area contributed by atoms with Crippen molar-refractivity contribution >= 4 is 11.6 Å². The fourth-order valence-electron chi connectivity index (χ4n) is 2.92. The molecule has 0 fully saturated rings. The van der Waals surface area contributed by atoms with Gasteiger partial charge in [-0.25, -0.2) is 4.98 Å². The minimum atomic E-state index is -0.320. The van der Waals surface area contributed by atoms with Crippen LogP contribution in [0.15, 0.2) is 60.9 Å². The summed E-state index contributed by atoms with van der Waals surface area (Å²) < 4.78 is 1.93. The fraction of sp³-hybridized carbons (Fsp3) is 0.238. The van der Waals surface area contributed by atoms with Crippen molar-refractivity contribution in [2.45, 2.75) is 13.0 Å². The molecule has 0 bridgehead atoms. The number of hydrogen-bond donors (Lipinski definition) is 1. The Morgan fingerprint density at radius 3 is 2.46 bits per heavy atom. The van der Waals surface area contributed by atoms with E-state index in [1.165, 1.54) is 0 Å². The molecule has 1 amide bonds. The minimum Gasteiger partial charge on any atom is -0.378 e. The normalized spacial score (nSPS) is 11.8. The number of nitrogens with one attached hydrogen (secondary N) is 1. The Labute approximate surface area is 154 Å². The Balaban J connectivity index is 1.94. The van der Waals surface area contributed by atoms with Gasteiger partial charge in [0.25, 0.3) is 5.91 Å². The average Bonchev–Trinajstić information content (AvgIpc) is 3.05. The van der Waals surface area contributed by atoms with Gasteiger partial charge in [-0.05, 0) is 36.8 Å². The molecular formula is C21H24N4O. The van der Waals surface area contributed by atoms with Crippen LogP contribution in [0.2, 0.25) is 0 Å². The molecule has 0 aliphatic rings. The standard InChI is InChI=1S/C21H24N4O/c1-15-6-5-7-17(14-15)21(26)23-19(20-22-12-13-25(20)4)16-8-10-18(11-9-16)24(2)3/h5-14,19H,1-4H3,(H,23,26). The van der Waals surface area contributed by atoms with E-state index in [4.69, 9.17) is 0 Å². The summed E-state index contributed by atoms with van der Waals surface area (Å²) in [6.07, 6.45) is 3.63. The summed E-state index contributed by atoms with van der Waals surface area (Å²) in [4.78, 5) is 19.3. The van der Waals surface area contributed by atoms with Gasteiger partial charge >= 0.3 is 0 Å². The Morgan fingerprint density at radius 2 is 1.88 bits per heavy atom. The number of anilines is 1. The molecule has 0 spiro atoms. The van der Waals surface area contributed by atoms with E-state index < -0.39 is 0 Å². The molecule has 1 heterocycles. The Morgan fingerprint density at radius 1 is 1.15 bits per heavy atom. The molecule has 0 radical (unpaired) electrons. The van der Waals surface area contributed by atoms with E-state index in [1.54, 1.807) is 6.20 Å². The number of amides is 1. The van der Waals surface area contributed by atoms with Crippen LogP contribution < -0.4 is 10.2 Å². The number of nitrogens with zero attached hydrogens (tertiary/aromatic N) is 3. The van der Waals surface area contributed by atoms with Crippen LogP contribution >= 0.6 is 0 Å². The third-order valence-electron chi connectivity index (χ3n) is 4.42. The molecule has 5 nitrogen and oxygen atoms in total. The lowest BCUT2D eigenvalue weighted by atomic mass is 10.0.